The number of aryl methyl sites for hydroxylation is 1. The number of hydrogen-bond donors (Lipinski definition) is 0. The molecule has 2 rings (SSSR count). The third kappa shape index (κ3) is 4.59. The van der Waals surface area contributed by atoms with Crippen LogP contribution in [0, 0.1) is 18.7 Å². The van der Waals surface area contributed by atoms with Crippen molar-refractivity contribution in [1.82, 2.24) is 4.90 Å². The second kappa shape index (κ2) is 8.78. The van der Waals surface area contributed by atoms with E-state index in [0.717, 1.165) is 11.2 Å². The summed E-state index contributed by atoms with van der Waals surface area (Å²) in [5, 5.41) is 0. The number of ether oxygens (including phenoxy) is 2. The van der Waals surface area contributed by atoms with Gasteiger partial charge < -0.3 is 14.3 Å². The maximum absolute atomic E-state index is 13.4. The van der Waals surface area contributed by atoms with Crippen molar-refractivity contribution >= 4 is 18.3 Å². The molecule has 0 N–H and O–H groups in total. The zero-order chi connectivity index (χ0) is 19.3. The SMILES string of the molecule is Cc1cc(OC(CCCC=O)C(=O)N2C(=O)OCC2C(C)C)ccc1F. The van der Waals surface area contributed by atoms with Crippen molar-refractivity contribution in [3.8, 4) is 5.75 Å². The fourth-order valence-electron chi connectivity index (χ4n) is 2.81. The van der Waals surface area contributed by atoms with E-state index in [0.29, 0.717) is 17.7 Å². The predicted octanol–water partition coefficient (Wildman–Crippen LogP) is 3.25. The fourth-order valence-corrected chi connectivity index (χ4v) is 2.81. The Labute approximate surface area is 152 Å². The molecule has 2 amide bonds. The summed E-state index contributed by atoms with van der Waals surface area (Å²) in [6, 6.07) is 3.84. The van der Waals surface area contributed by atoms with Crippen molar-refractivity contribution in [2.75, 3.05) is 6.61 Å². The van der Waals surface area contributed by atoms with Crippen molar-refractivity contribution in [2.45, 2.75) is 52.2 Å². The quantitative estimate of drug-likeness (QED) is 0.522. The van der Waals surface area contributed by atoms with Crippen molar-refractivity contribution < 1.29 is 28.2 Å². The van der Waals surface area contributed by atoms with Crippen LogP contribution in [0.1, 0.15) is 38.7 Å². The van der Waals surface area contributed by atoms with E-state index in [4.69, 9.17) is 9.47 Å². The lowest BCUT2D eigenvalue weighted by atomic mass is 10.0. The van der Waals surface area contributed by atoms with Crippen LogP contribution in [0.2, 0.25) is 0 Å². The molecule has 1 fully saturated rings. The van der Waals surface area contributed by atoms with E-state index in [2.05, 4.69) is 0 Å². The summed E-state index contributed by atoms with van der Waals surface area (Å²) < 4.78 is 24.2. The maximum Gasteiger partial charge on any atom is 0.417 e. The summed E-state index contributed by atoms with van der Waals surface area (Å²) in [6.07, 6.45) is 0.121. The number of amides is 2. The van der Waals surface area contributed by atoms with Gasteiger partial charge >= 0.3 is 6.09 Å². The first-order valence-corrected chi connectivity index (χ1v) is 8.71. The average molecular weight is 365 g/mol. The number of imide groups is 1. The molecule has 2 unspecified atom stereocenters. The van der Waals surface area contributed by atoms with Crippen LogP contribution in [0.5, 0.6) is 5.75 Å². The van der Waals surface area contributed by atoms with Crippen LogP contribution < -0.4 is 4.74 Å². The zero-order valence-corrected chi connectivity index (χ0v) is 15.2. The van der Waals surface area contributed by atoms with Crippen LogP contribution in [0.4, 0.5) is 9.18 Å². The highest BCUT2D eigenvalue weighted by Gasteiger charge is 2.42. The van der Waals surface area contributed by atoms with Crippen LogP contribution in [0.3, 0.4) is 0 Å². The first-order valence-electron chi connectivity index (χ1n) is 8.71. The van der Waals surface area contributed by atoms with Crippen molar-refractivity contribution in [2.24, 2.45) is 5.92 Å². The first-order chi connectivity index (χ1) is 12.3. The number of carbonyl (C=O) groups is 3. The molecule has 1 saturated heterocycles. The zero-order valence-electron chi connectivity index (χ0n) is 15.2. The number of carbonyl (C=O) groups excluding carboxylic acids is 3. The Morgan fingerprint density at radius 1 is 1.46 bits per heavy atom. The monoisotopic (exact) mass is 365 g/mol. The van der Waals surface area contributed by atoms with E-state index in [1.807, 2.05) is 13.8 Å². The highest BCUT2D eigenvalue weighted by atomic mass is 19.1. The Morgan fingerprint density at radius 3 is 2.81 bits per heavy atom. The molecule has 2 atom stereocenters. The Kier molecular flexibility index (Phi) is 6.71. The van der Waals surface area contributed by atoms with Crippen molar-refractivity contribution in [3.05, 3.63) is 29.6 Å². The molecular formula is C19H24FNO5. The highest BCUT2D eigenvalue weighted by molar-refractivity contribution is 5.96. The molecule has 0 radical (unpaired) electrons. The van der Waals surface area contributed by atoms with E-state index < -0.39 is 18.1 Å². The fraction of sp³-hybridized carbons (Fsp3) is 0.526. The van der Waals surface area contributed by atoms with Crippen LogP contribution >= 0.6 is 0 Å². The van der Waals surface area contributed by atoms with Crippen LogP contribution in [-0.4, -0.2) is 41.9 Å². The van der Waals surface area contributed by atoms with Gasteiger partial charge in [-0.25, -0.2) is 14.1 Å². The van der Waals surface area contributed by atoms with E-state index in [-0.39, 0.29) is 37.2 Å². The third-order valence-electron chi connectivity index (χ3n) is 4.38. The lowest BCUT2D eigenvalue weighted by molar-refractivity contribution is -0.137. The van der Waals surface area contributed by atoms with Crippen LogP contribution in [0.15, 0.2) is 18.2 Å². The van der Waals surface area contributed by atoms with Gasteiger partial charge in [0.25, 0.3) is 5.91 Å². The van der Waals surface area contributed by atoms with Gasteiger partial charge in [-0.15, -0.1) is 0 Å². The molecule has 0 aliphatic carbocycles. The number of rotatable bonds is 8. The largest absolute Gasteiger partial charge is 0.481 e. The normalized spacial score (nSPS) is 18.0. The average Bonchev–Trinajstić information content (AvgIpc) is 2.98. The van der Waals surface area contributed by atoms with Gasteiger partial charge in [0.2, 0.25) is 0 Å². The minimum absolute atomic E-state index is 0.0362. The molecule has 0 aromatic heterocycles. The molecule has 1 aromatic carbocycles. The Hall–Kier alpha value is -2.44. The van der Waals surface area contributed by atoms with E-state index in [1.54, 1.807) is 6.92 Å². The standard InChI is InChI=1S/C19H24FNO5/c1-12(2)16-11-25-19(24)21(16)18(23)17(6-4-5-9-22)26-14-7-8-15(20)13(3)10-14/h7-10,12,16-17H,4-6,11H2,1-3H3. The first kappa shape index (κ1) is 19.9. The van der Waals surface area contributed by atoms with Gasteiger partial charge in [0.15, 0.2) is 6.10 Å². The van der Waals surface area contributed by atoms with Gasteiger partial charge in [0.05, 0.1) is 6.04 Å². The van der Waals surface area contributed by atoms with Gasteiger partial charge in [-0.3, -0.25) is 4.79 Å². The van der Waals surface area contributed by atoms with Gasteiger partial charge in [0, 0.05) is 6.42 Å². The number of aldehydes is 1. The Bertz CT molecular complexity index is 676. The molecule has 1 aliphatic rings. The molecule has 0 bridgehead atoms. The number of halogens is 1. The maximum atomic E-state index is 13.4. The molecule has 0 saturated carbocycles. The number of cyclic esters (lactones) is 1. The molecule has 142 valence electrons. The third-order valence-corrected chi connectivity index (χ3v) is 4.38. The smallest absolute Gasteiger partial charge is 0.417 e. The summed E-state index contributed by atoms with van der Waals surface area (Å²) in [5.41, 5.74) is 0.391. The van der Waals surface area contributed by atoms with E-state index in [1.165, 1.54) is 18.2 Å². The van der Waals surface area contributed by atoms with Gasteiger partial charge in [-0.05, 0) is 49.4 Å². The summed E-state index contributed by atoms with van der Waals surface area (Å²) in [5.74, 6) is -0.501. The minimum atomic E-state index is -0.952. The molecule has 26 heavy (non-hydrogen) atoms. The van der Waals surface area contributed by atoms with E-state index in [9.17, 15) is 18.8 Å². The van der Waals surface area contributed by atoms with E-state index >= 15 is 0 Å². The summed E-state index contributed by atoms with van der Waals surface area (Å²) in [4.78, 5) is 36.7. The second-order valence-electron chi connectivity index (χ2n) is 6.71. The molecule has 7 heteroatoms. The van der Waals surface area contributed by atoms with Crippen molar-refractivity contribution in [3.63, 3.8) is 0 Å². The summed E-state index contributed by atoms with van der Waals surface area (Å²) >= 11 is 0. The number of nitrogens with zero attached hydrogens (tertiary/aromatic N) is 1. The number of unbranched alkanes of at least 4 members (excludes halogenated alkanes) is 1. The Morgan fingerprint density at radius 2 is 2.19 bits per heavy atom. The summed E-state index contributed by atoms with van der Waals surface area (Å²) in [6.45, 7) is 5.55. The van der Waals surface area contributed by atoms with Crippen molar-refractivity contribution in [1.29, 1.82) is 0 Å². The number of benzene rings is 1. The predicted molar refractivity (Wildman–Crippen MR) is 92.3 cm³/mol. The molecule has 1 heterocycles. The molecular weight excluding hydrogens is 341 g/mol. The van der Waals surface area contributed by atoms with Crippen LogP contribution in [0.25, 0.3) is 0 Å². The van der Waals surface area contributed by atoms with Crippen LogP contribution in [-0.2, 0) is 14.3 Å². The van der Waals surface area contributed by atoms with Gasteiger partial charge in [-0.2, -0.15) is 0 Å². The van der Waals surface area contributed by atoms with Gasteiger partial charge in [-0.1, -0.05) is 13.8 Å². The molecule has 1 aromatic rings. The lowest BCUT2D eigenvalue weighted by Crippen LogP contribution is -2.48. The minimum Gasteiger partial charge on any atom is -0.481 e. The Balaban J connectivity index is 2.21. The second-order valence-corrected chi connectivity index (χ2v) is 6.71. The molecule has 1 aliphatic heterocycles. The van der Waals surface area contributed by atoms with Gasteiger partial charge in [0.1, 0.15) is 24.5 Å². The molecule has 6 nitrogen and oxygen atoms in total. The number of hydrogen-bond acceptors (Lipinski definition) is 5. The lowest BCUT2D eigenvalue weighted by Gasteiger charge is -2.27. The highest BCUT2D eigenvalue weighted by Crippen LogP contribution is 2.24. The topological polar surface area (TPSA) is 72.9 Å². The molecule has 0 spiro atoms. The summed E-state index contributed by atoms with van der Waals surface area (Å²) in [7, 11) is 0.